The van der Waals surface area contributed by atoms with E-state index in [0.29, 0.717) is 18.9 Å². The summed E-state index contributed by atoms with van der Waals surface area (Å²) in [5.74, 6) is 0.677. The molecule has 1 fully saturated rings. The molecule has 1 aromatic rings. The molecule has 1 amide bonds. The van der Waals surface area contributed by atoms with Crippen molar-refractivity contribution in [1.29, 1.82) is 0 Å². The minimum absolute atomic E-state index is 0.114. The van der Waals surface area contributed by atoms with Gasteiger partial charge in [-0.1, -0.05) is 0 Å². The molecule has 5 nitrogen and oxygen atoms in total. The largest absolute Gasteiger partial charge is 0.353 e. The van der Waals surface area contributed by atoms with Crippen LogP contribution in [-0.2, 0) is 11.3 Å². The monoisotopic (exact) mass is 250 g/mol. The second-order valence-electron chi connectivity index (χ2n) is 4.98. The van der Waals surface area contributed by atoms with Crippen molar-refractivity contribution in [3.8, 4) is 0 Å². The topological polar surface area (TPSA) is 59.0 Å². The van der Waals surface area contributed by atoms with E-state index in [2.05, 4.69) is 22.7 Å². The third kappa shape index (κ3) is 3.84. The molecular formula is C13H22N4O. The van der Waals surface area contributed by atoms with Crippen LogP contribution in [0.3, 0.4) is 0 Å². The van der Waals surface area contributed by atoms with Crippen molar-refractivity contribution < 1.29 is 4.79 Å². The fraction of sp³-hybridized carbons (Fsp3) is 0.692. The molecule has 100 valence electrons. The van der Waals surface area contributed by atoms with Gasteiger partial charge in [-0.05, 0) is 44.8 Å². The summed E-state index contributed by atoms with van der Waals surface area (Å²) in [7, 11) is 0. The first-order valence-corrected chi connectivity index (χ1v) is 6.73. The highest BCUT2D eigenvalue weighted by atomic mass is 16.1. The van der Waals surface area contributed by atoms with Crippen LogP contribution in [0.4, 0.5) is 0 Å². The molecule has 5 heteroatoms. The lowest BCUT2D eigenvalue weighted by molar-refractivity contribution is -0.122. The van der Waals surface area contributed by atoms with Gasteiger partial charge in [0.25, 0.3) is 0 Å². The third-order valence-electron chi connectivity index (χ3n) is 3.56. The molecule has 2 heterocycles. The van der Waals surface area contributed by atoms with E-state index in [9.17, 15) is 4.79 Å². The number of hydrogen-bond acceptors (Lipinski definition) is 3. The number of nitrogens with one attached hydrogen (secondary N) is 2. The predicted molar refractivity (Wildman–Crippen MR) is 70.0 cm³/mol. The predicted octanol–water partition coefficient (Wildman–Crippen LogP) is 0.777. The van der Waals surface area contributed by atoms with Crippen LogP contribution in [-0.4, -0.2) is 34.8 Å². The SMILES string of the molecule is CC(NC(=O)CCn1cccn1)C1CCCNC1. The molecule has 1 aliphatic rings. The van der Waals surface area contributed by atoms with Gasteiger partial charge < -0.3 is 10.6 Å². The smallest absolute Gasteiger partial charge is 0.222 e. The van der Waals surface area contributed by atoms with Crippen molar-refractivity contribution in [2.75, 3.05) is 13.1 Å². The summed E-state index contributed by atoms with van der Waals surface area (Å²) in [4.78, 5) is 11.8. The molecule has 0 spiro atoms. The van der Waals surface area contributed by atoms with Gasteiger partial charge in [-0.25, -0.2) is 0 Å². The van der Waals surface area contributed by atoms with Crippen molar-refractivity contribution in [2.45, 2.75) is 38.8 Å². The molecule has 1 aromatic heterocycles. The zero-order valence-electron chi connectivity index (χ0n) is 10.9. The molecule has 1 aliphatic heterocycles. The van der Waals surface area contributed by atoms with Gasteiger partial charge in [0.05, 0.1) is 0 Å². The lowest BCUT2D eigenvalue weighted by atomic mass is 9.93. The molecule has 0 saturated carbocycles. The van der Waals surface area contributed by atoms with Gasteiger partial charge in [-0.3, -0.25) is 9.48 Å². The van der Waals surface area contributed by atoms with Crippen molar-refractivity contribution >= 4 is 5.91 Å². The number of nitrogens with zero attached hydrogens (tertiary/aromatic N) is 2. The molecule has 2 rings (SSSR count). The zero-order chi connectivity index (χ0) is 12.8. The summed E-state index contributed by atoms with van der Waals surface area (Å²) in [5, 5.41) is 10.6. The first-order valence-electron chi connectivity index (χ1n) is 6.73. The summed E-state index contributed by atoms with van der Waals surface area (Å²) in [5.41, 5.74) is 0. The maximum absolute atomic E-state index is 11.8. The second kappa shape index (κ2) is 6.54. The summed E-state index contributed by atoms with van der Waals surface area (Å²) in [6.45, 7) is 4.87. The summed E-state index contributed by atoms with van der Waals surface area (Å²) in [6, 6.07) is 2.12. The van der Waals surface area contributed by atoms with E-state index < -0.39 is 0 Å². The van der Waals surface area contributed by atoms with E-state index in [4.69, 9.17) is 0 Å². The number of carbonyl (C=O) groups is 1. The Labute approximate surface area is 108 Å². The summed E-state index contributed by atoms with van der Waals surface area (Å²) < 4.78 is 1.78. The maximum atomic E-state index is 11.8. The van der Waals surface area contributed by atoms with Crippen LogP contribution < -0.4 is 10.6 Å². The molecule has 0 aliphatic carbocycles. The Morgan fingerprint density at radius 1 is 1.67 bits per heavy atom. The van der Waals surface area contributed by atoms with E-state index in [0.717, 1.165) is 13.1 Å². The highest BCUT2D eigenvalue weighted by Crippen LogP contribution is 2.14. The molecule has 18 heavy (non-hydrogen) atoms. The van der Waals surface area contributed by atoms with E-state index in [-0.39, 0.29) is 11.9 Å². The van der Waals surface area contributed by atoms with Crippen LogP contribution in [0.1, 0.15) is 26.2 Å². The van der Waals surface area contributed by atoms with Gasteiger partial charge in [-0.15, -0.1) is 0 Å². The van der Waals surface area contributed by atoms with Gasteiger partial charge in [0, 0.05) is 31.4 Å². The quantitative estimate of drug-likeness (QED) is 0.812. The minimum Gasteiger partial charge on any atom is -0.353 e. The number of amides is 1. The Balaban J connectivity index is 1.69. The molecule has 0 aromatic carbocycles. The van der Waals surface area contributed by atoms with Crippen LogP contribution >= 0.6 is 0 Å². The Morgan fingerprint density at radius 3 is 3.22 bits per heavy atom. The number of rotatable bonds is 5. The van der Waals surface area contributed by atoms with Gasteiger partial charge in [0.2, 0.25) is 5.91 Å². The normalized spacial score (nSPS) is 21.5. The average molecular weight is 250 g/mol. The lowest BCUT2D eigenvalue weighted by Crippen LogP contribution is -2.44. The number of aryl methyl sites for hydroxylation is 1. The number of carbonyl (C=O) groups excluding carboxylic acids is 1. The van der Waals surface area contributed by atoms with E-state index >= 15 is 0 Å². The van der Waals surface area contributed by atoms with Crippen molar-refractivity contribution in [3.63, 3.8) is 0 Å². The molecule has 2 unspecified atom stereocenters. The number of hydrogen-bond donors (Lipinski definition) is 2. The average Bonchev–Trinajstić information content (AvgIpc) is 2.90. The van der Waals surface area contributed by atoms with Crippen molar-refractivity contribution in [2.24, 2.45) is 5.92 Å². The van der Waals surface area contributed by atoms with E-state index in [1.165, 1.54) is 12.8 Å². The second-order valence-corrected chi connectivity index (χ2v) is 4.98. The van der Waals surface area contributed by atoms with E-state index in [1.807, 2.05) is 12.3 Å². The van der Waals surface area contributed by atoms with Gasteiger partial charge in [0.1, 0.15) is 0 Å². The lowest BCUT2D eigenvalue weighted by Gasteiger charge is -2.28. The first-order chi connectivity index (χ1) is 8.75. The third-order valence-corrected chi connectivity index (χ3v) is 3.56. The zero-order valence-corrected chi connectivity index (χ0v) is 10.9. The van der Waals surface area contributed by atoms with Crippen LogP contribution in [0.15, 0.2) is 18.5 Å². The van der Waals surface area contributed by atoms with Gasteiger partial charge in [0.15, 0.2) is 0 Å². The highest BCUT2D eigenvalue weighted by Gasteiger charge is 2.20. The van der Waals surface area contributed by atoms with Crippen molar-refractivity contribution in [1.82, 2.24) is 20.4 Å². The Bertz CT molecular complexity index is 357. The van der Waals surface area contributed by atoms with E-state index in [1.54, 1.807) is 10.9 Å². The Hall–Kier alpha value is -1.36. The Kier molecular flexibility index (Phi) is 4.75. The maximum Gasteiger partial charge on any atom is 0.222 e. The molecule has 1 saturated heterocycles. The molecule has 2 N–H and O–H groups in total. The Morgan fingerprint density at radius 2 is 2.56 bits per heavy atom. The number of piperidine rings is 1. The van der Waals surface area contributed by atoms with Crippen LogP contribution in [0.5, 0.6) is 0 Å². The highest BCUT2D eigenvalue weighted by molar-refractivity contribution is 5.76. The molecule has 2 atom stereocenters. The summed E-state index contributed by atoms with van der Waals surface area (Å²) in [6.07, 6.45) is 6.51. The number of aromatic nitrogens is 2. The summed E-state index contributed by atoms with van der Waals surface area (Å²) >= 11 is 0. The first kappa shape index (κ1) is 13.1. The van der Waals surface area contributed by atoms with Gasteiger partial charge >= 0.3 is 0 Å². The fourth-order valence-electron chi connectivity index (χ4n) is 2.40. The van der Waals surface area contributed by atoms with Crippen LogP contribution in [0, 0.1) is 5.92 Å². The molecule has 0 radical (unpaired) electrons. The van der Waals surface area contributed by atoms with Crippen LogP contribution in [0.25, 0.3) is 0 Å². The minimum atomic E-state index is 0.114. The molecular weight excluding hydrogens is 228 g/mol. The van der Waals surface area contributed by atoms with Gasteiger partial charge in [-0.2, -0.15) is 5.10 Å². The standard InChI is InChI=1S/C13H22N4O/c1-11(12-4-2-6-14-10-12)16-13(18)5-9-17-8-3-7-15-17/h3,7-8,11-12,14H,2,4-6,9-10H2,1H3,(H,16,18). The fourth-order valence-corrected chi connectivity index (χ4v) is 2.40. The molecule has 0 bridgehead atoms. The van der Waals surface area contributed by atoms with Crippen molar-refractivity contribution in [3.05, 3.63) is 18.5 Å². The van der Waals surface area contributed by atoms with Crippen LogP contribution in [0.2, 0.25) is 0 Å².